The number of carbonyl (C=O) groups is 2. The van der Waals surface area contributed by atoms with Crippen LogP contribution in [-0.2, 0) is 11.3 Å². The second-order valence-corrected chi connectivity index (χ2v) is 6.13. The summed E-state index contributed by atoms with van der Waals surface area (Å²) < 4.78 is 1.50. The number of hydrogen-bond acceptors (Lipinski definition) is 5. The molecule has 0 saturated carbocycles. The quantitative estimate of drug-likeness (QED) is 0.854. The van der Waals surface area contributed by atoms with Crippen molar-refractivity contribution in [2.45, 2.75) is 26.3 Å². The van der Waals surface area contributed by atoms with E-state index in [1.807, 2.05) is 6.92 Å². The molecule has 0 bridgehead atoms. The van der Waals surface area contributed by atoms with Crippen LogP contribution >= 0.6 is 0 Å². The number of hydrogen-bond donors (Lipinski definition) is 1. The number of likely N-dealkylation sites (tertiary alicyclic amines) is 1. The highest BCUT2D eigenvalue weighted by Crippen LogP contribution is 2.21. The van der Waals surface area contributed by atoms with E-state index in [9.17, 15) is 9.59 Å². The Hall–Kier alpha value is -2.70. The van der Waals surface area contributed by atoms with Gasteiger partial charge in [0.25, 0.3) is 0 Å². The molecular weight excluding hydrogens is 306 g/mol. The number of nitrogen functional groups attached to an aromatic ring is 1. The lowest BCUT2D eigenvalue weighted by molar-refractivity contribution is -0.133. The Kier molecular flexibility index (Phi) is 4.59. The second-order valence-electron chi connectivity index (χ2n) is 6.13. The fraction of sp³-hybridized carbons (Fsp3) is 0.412. The van der Waals surface area contributed by atoms with Gasteiger partial charge in [-0.05, 0) is 31.9 Å². The molecule has 2 aromatic rings. The van der Waals surface area contributed by atoms with Crippen molar-refractivity contribution in [1.82, 2.24) is 19.7 Å². The minimum atomic E-state index is -0.200. The molecule has 24 heavy (non-hydrogen) atoms. The normalized spacial score (nSPS) is 17.7. The van der Waals surface area contributed by atoms with Crippen LogP contribution in [0.4, 0.5) is 5.82 Å². The Bertz CT molecular complexity index is 741. The topological polar surface area (TPSA) is 94.1 Å². The highest BCUT2D eigenvalue weighted by Gasteiger charge is 2.29. The molecule has 1 atom stereocenters. The standard InChI is InChI=1S/C17H21N5O2/c1-12-9-15(18)22(20-12)11-16(23)21-8-4-5-13(10-21)17(24)14-6-2-3-7-19-14/h2-3,6-7,9,13H,4-5,8,10-11,18H2,1H3/t13-/m1/s1. The molecule has 0 aromatic carbocycles. The number of amides is 1. The molecule has 1 saturated heterocycles. The van der Waals surface area contributed by atoms with Gasteiger partial charge in [0, 0.05) is 31.3 Å². The van der Waals surface area contributed by atoms with Gasteiger partial charge < -0.3 is 10.6 Å². The Morgan fingerprint density at radius 2 is 2.21 bits per heavy atom. The van der Waals surface area contributed by atoms with Crippen molar-refractivity contribution >= 4 is 17.5 Å². The number of pyridine rings is 1. The predicted octanol–water partition coefficient (Wildman–Crippen LogP) is 1.29. The number of piperidine rings is 1. The molecule has 7 heteroatoms. The van der Waals surface area contributed by atoms with Crippen LogP contribution in [0.1, 0.15) is 29.0 Å². The van der Waals surface area contributed by atoms with Crippen LogP contribution in [-0.4, -0.2) is 44.4 Å². The number of anilines is 1. The number of rotatable bonds is 4. The van der Waals surface area contributed by atoms with Gasteiger partial charge in [-0.25, -0.2) is 4.68 Å². The Balaban J connectivity index is 1.66. The SMILES string of the molecule is Cc1cc(N)n(CC(=O)N2CCC[C@@H](C(=O)c3ccccn3)C2)n1. The van der Waals surface area contributed by atoms with Crippen molar-refractivity contribution in [2.75, 3.05) is 18.8 Å². The first-order valence-corrected chi connectivity index (χ1v) is 8.07. The molecule has 3 rings (SSSR count). The zero-order valence-electron chi connectivity index (χ0n) is 13.7. The molecule has 0 unspecified atom stereocenters. The van der Waals surface area contributed by atoms with E-state index in [0.29, 0.717) is 24.6 Å². The van der Waals surface area contributed by atoms with Gasteiger partial charge in [-0.1, -0.05) is 6.07 Å². The molecule has 3 heterocycles. The number of ketones is 1. The molecule has 1 aliphatic rings. The molecule has 0 spiro atoms. The fourth-order valence-corrected chi connectivity index (χ4v) is 3.06. The largest absolute Gasteiger partial charge is 0.384 e. The summed E-state index contributed by atoms with van der Waals surface area (Å²) in [6.07, 6.45) is 3.20. The average Bonchev–Trinajstić information content (AvgIpc) is 2.92. The van der Waals surface area contributed by atoms with E-state index in [1.165, 1.54) is 4.68 Å². The van der Waals surface area contributed by atoms with Gasteiger partial charge in [0.1, 0.15) is 18.1 Å². The van der Waals surface area contributed by atoms with Crippen molar-refractivity contribution in [2.24, 2.45) is 5.92 Å². The Morgan fingerprint density at radius 3 is 2.88 bits per heavy atom. The summed E-state index contributed by atoms with van der Waals surface area (Å²) in [6.45, 7) is 3.02. The lowest BCUT2D eigenvalue weighted by Crippen LogP contribution is -2.44. The molecule has 7 nitrogen and oxygen atoms in total. The summed E-state index contributed by atoms with van der Waals surface area (Å²) in [5, 5.41) is 4.21. The molecule has 0 radical (unpaired) electrons. The van der Waals surface area contributed by atoms with E-state index in [1.54, 1.807) is 35.4 Å². The maximum Gasteiger partial charge on any atom is 0.244 e. The van der Waals surface area contributed by atoms with E-state index in [0.717, 1.165) is 18.5 Å². The fourth-order valence-electron chi connectivity index (χ4n) is 3.06. The van der Waals surface area contributed by atoms with Crippen LogP contribution in [0.15, 0.2) is 30.5 Å². The van der Waals surface area contributed by atoms with Crippen LogP contribution in [0.3, 0.4) is 0 Å². The van der Waals surface area contributed by atoms with Crippen molar-refractivity contribution in [3.8, 4) is 0 Å². The Morgan fingerprint density at radius 1 is 1.38 bits per heavy atom. The first-order chi connectivity index (χ1) is 11.5. The third-order valence-electron chi connectivity index (χ3n) is 4.28. The van der Waals surface area contributed by atoms with Crippen LogP contribution in [0.2, 0.25) is 0 Å². The molecule has 1 aliphatic heterocycles. The minimum absolute atomic E-state index is 0.00236. The predicted molar refractivity (Wildman–Crippen MR) is 89.2 cm³/mol. The number of Topliss-reactive ketones (excluding diaryl/α,β-unsaturated/α-hetero) is 1. The lowest BCUT2D eigenvalue weighted by Gasteiger charge is -2.32. The zero-order valence-corrected chi connectivity index (χ0v) is 13.7. The van der Waals surface area contributed by atoms with E-state index < -0.39 is 0 Å². The molecule has 0 aliphatic carbocycles. The average molecular weight is 327 g/mol. The van der Waals surface area contributed by atoms with Crippen molar-refractivity contribution in [3.63, 3.8) is 0 Å². The van der Waals surface area contributed by atoms with Crippen LogP contribution in [0, 0.1) is 12.8 Å². The van der Waals surface area contributed by atoms with Gasteiger partial charge in [0.2, 0.25) is 5.91 Å². The lowest BCUT2D eigenvalue weighted by atomic mass is 9.92. The molecule has 1 amide bonds. The summed E-state index contributed by atoms with van der Waals surface area (Å²) in [5.74, 6) is 0.208. The van der Waals surface area contributed by atoms with Gasteiger partial charge >= 0.3 is 0 Å². The molecule has 2 aromatic heterocycles. The number of carbonyl (C=O) groups excluding carboxylic acids is 2. The summed E-state index contributed by atoms with van der Waals surface area (Å²) in [7, 11) is 0. The summed E-state index contributed by atoms with van der Waals surface area (Å²) in [4.78, 5) is 30.9. The van der Waals surface area contributed by atoms with Gasteiger partial charge in [-0.3, -0.25) is 14.6 Å². The van der Waals surface area contributed by atoms with Crippen molar-refractivity contribution in [1.29, 1.82) is 0 Å². The molecule has 126 valence electrons. The molecule has 2 N–H and O–H groups in total. The molecular formula is C17H21N5O2. The number of nitrogens with two attached hydrogens (primary N) is 1. The first-order valence-electron chi connectivity index (χ1n) is 8.07. The third-order valence-corrected chi connectivity index (χ3v) is 4.28. The van der Waals surface area contributed by atoms with Crippen molar-refractivity contribution < 1.29 is 9.59 Å². The van der Waals surface area contributed by atoms with Gasteiger partial charge in [0.15, 0.2) is 5.78 Å². The van der Waals surface area contributed by atoms with E-state index in [4.69, 9.17) is 5.73 Å². The maximum absolute atomic E-state index is 12.5. The smallest absolute Gasteiger partial charge is 0.244 e. The van der Waals surface area contributed by atoms with Crippen molar-refractivity contribution in [3.05, 3.63) is 41.9 Å². The highest BCUT2D eigenvalue weighted by molar-refractivity contribution is 5.96. The van der Waals surface area contributed by atoms with E-state index in [-0.39, 0.29) is 24.2 Å². The Labute approximate surface area is 140 Å². The highest BCUT2D eigenvalue weighted by atomic mass is 16.2. The summed E-state index contributed by atoms with van der Waals surface area (Å²) >= 11 is 0. The third kappa shape index (κ3) is 3.45. The minimum Gasteiger partial charge on any atom is -0.384 e. The van der Waals surface area contributed by atoms with Crippen LogP contribution in [0.25, 0.3) is 0 Å². The monoisotopic (exact) mass is 327 g/mol. The number of aryl methyl sites for hydroxylation is 1. The van der Waals surface area contributed by atoms with E-state index >= 15 is 0 Å². The first kappa shape index (κ1) is 16.2. The van der Waals surface area contributed by atoms with Gasteiger partial charge in [0.05, 0.1) is 5.69 Å². The maximum atomic E-state index is 12.5. The summed E-state index contributed by atoms with van der Waals surface area (Å²) in [6, 6.07) is 7.03. The van der Waals surface area contributed by atoms with Crippen LogP contribution in [0.5, 0.6) is 0 Å². The van der Waals surface area contributed by atoms with Gasteiger partial charge in [-0.2, -0.15) is 5.10 Å². The van der Waals surface area contributed by atoms with E-state index in [2.05, 4.69) is 10.1 Å². The number of nitrogens with zero attached hydrogens (tertiary/aromatic N) is 4. The summed E-state index contributed by atoms with van der Waals surface area (Å²) in [5.41, 5.74) is 7.08. The second kappa shape index (κ2) is 6.82. The van der Waals surface area contributed by atoms with Gasteiger partial charge in [-0.15, -0.1) is 0 Å². The zero-order chi connectivity index (χ0) is 17.1. The van der Waals surface area contributed by atoms with Crippen LogP contribution < -0.4 is 5.73 Å². The number of aromatic nitrogens is 3. The molecule has 1 fully saturated rings.